The van der Waals surface area contributed by atoms with Crippen molar-refractivity contribution >= 4 is 51.7 Å². The number of thioether (sulfide) groups is 1. The summed E-state index contributed by atoms with van der Waals surface area (Å²) in [6, 6.07) is 5.74. The van der Waals surface area contributed by atoms with Crippen molar-refractivity contribution in [3.63, 3.8) is 0 Å². The van der Waals surface area contributed by atoms with Crippen LogP contribution in [0.15, 0.2) is 47.8 Å². The lowest BCUT2D eigenvalue weighted by molar-refractivity contribution is -0.0328. The number of H-pyrrole nitrogens is 1. The third-order valence-corrected chi connectivity index (χ3v) is 4.02. The van der Waals surface area contributed by atoms with Gasteiger partial charge in [-0.15, -0.1) is 0 Å². The van der Waals surface area contributed by atoms with Gasteiger partial charge < -0.3 is 15.6 Å². The van der Waals surface area contributed by atoms with Crippen LogP contribution < -0.4 is 10.6 Å². The van der Waals surface area contributed by atoms with Gasteiger partial charge in [0.1, 0.15) is 0 Å². The number of carbonyl (C=O) groups excluding carboxylic acids is 1. The molecule has 3 N–H and O–H groups in total. The van der Waals surface area contributed by atoms with Crippen LogP contribution in [0, 0.1) is 0 Å². The predicted octanol–water partition coefficient (Wildman–Crippen LogP) is 5.47. The zero-order valence-corrected chi connectivity index (χ0v) is 13.9. The first-order valence-electron chi connectivity index (χ1n) is 6.85. The van der Waals surface area contributed by atoms with Gasteiger partial charge in [0.05, 0.1) is 17.6 Å². The zero-order valence-electron chi connectivity index (χ0n) is 12.3. The number of hydrogen-bond acceptors (Lipinski definition) is 3. The van der Waals surface area contributed by atoms with Crippen LogP contribution in [-0.4, -0.2) is 21.5 Å². The second-order valence-corrected chi connectivity index (χ2v) is 6.50. The summed E-state index contributed by atoms with van der Waals surface area (Å²) in [5.74, 6) is 0. The van der Waals surface area contributed by atoms with E-state index in [1.54, 1.807) is 24.4 Å². The highest BCUT2D eigenvalue weighted by molar-refractivity contribution is 8.00. The number of aromatic nitrogens is 2. The molecule has 0 saturated heterocycles. The molecule has 130 valence electrons. The number of halogens is 4. The van der Waals surface area contributed by atoms with Crippen molar-refractivity contribution in [2.75, 3.05) is 10.6 Å². The summed E-state index contributed by atoms with van der Waals surface area (Å²) in [7, 11) is 0. The number of rotatable bonds is 3. The fraction of sp³-hybridized carbons (Fsp3) is 0.0667. The van der Waals surface area contributed by atoms with E-state index in [9.17, 15) is 18.0 Å². The van der Waals surface area contributed by atoms with Crippen LogP contribution in [0.2, 0.25) is 5.02 Å². The van der Waals surface area contributed by atoms with Crippen molar-refractivity contribution in [1.29, 1.82) is 0 Å². The minimum absolute atomic E-state index is 0.121. The topological polar surface area (TPSA) is 69.8 Å². The van der Waals surface area contributed by atoms with Crippen molar-refractivity contribution in [3.05, 3.63) is 47.9 Å². The van der Waals surface area contributed by atoms with Gasteiger partial charge in [0.25, 0.3) is 0 Å². The van der Waals surface area contributed by atoms with Crippen molar-refractivity contribution in [2.45, 2.75) is 10.4 Å². The van der Waals surface area contributed by atoms with Crippen LogP contribution in [0.25, 0.3) is 10.9 Å². The van der Waals surface area contributed by atoms with Crippen LogP contribution in [0.1, 0.15) is 0 Å². The molecule has 0 aliphatic rings. The standard InChI is InChI=1S/C15H10ClF3N4OS/c16-8-1-2-12-11(3-8)13(7-21-12)23-14(24)22-9-4-10(6-20-5-9)25-15(17,18)19/h1-7,21H,(H2,22,23,24). The first kappa shape index (κ1) is 17.4. The molecule has 2 amide bonds. The molecule has 3 rings (SSSR count). The lowest BCUT2D eigenvalue weighted by Gasteiger charge is -2.09. The van der Waals surface area contributed by atoms with E-state index in [0.717, 1.165) is 11.7 Å². The van der Waals surface area contributed by atoms with E-state index < -0.39 is 11.5 Å². The molecule has 2 aromatic heterocycles. The molecular formula is C15H10ClF3N4OS. The number of anilines is 2. The van der Waals surface area contributed by atoms with E-state index in [4.69, 9.17) is 11.6 Å². The van der Waals surface area contributed by atoms with Gasteiger partial charge in [-0.05, 0) is 36.0 Å². The molecule has 3 aromatic rings. The van der Waals surface area contributed by atoms with Crippen LogP contribution in [0.4, 0.5) is 29.3 Å². The number of amides is 2. The number of nitrogens with one attached hydrogen (secondary N) is 3. The fourth-order valence-corrected chi connectivity index (χ4v) is 2.90. The Morgan fingerprint density at radius 3 is 2.76 bits per heavy atom. The van der Waals surface area contributed by atoms with Crippen molar-refractivity contribution in [1.82, 2.24) is 9.97 Å². The molecule has 0 saturated carbocycles. The molecule has 25 heavy (non-hydrogen) atoms. The highest BCUT2D eigenvalue weighted by Crippen LogP contribution is 2.37. The van der Waals surface area contributed by atoms with Gasteiger partial charge in [0.15, 0.2) is 0 Å². The van der Waals surface area contributed by atoms with E-state index in [-0.39, 0.29) is 22.3 Å². The fourth-order valence-electron chi connectivity index (χ4n) is 2.16. The van der Waals surface area contributed by atoms with Gasteiger partial charge in [-0.25, -0.2) is 4.79 Å². The van der Waals surface area contributed by atoms with E-state index in [1.165, 1.54) is 12.3 Å². The van der Waals surface area contributed by atoms with Crippen molar-refractivity contribution < 1.29 is 18.0 Å². The molecule has 5 nitrogen and oxygen atoms in total. The molecule has 0 radical (unpaired) electrons. The van der Waals surface area contributed by atoms with Crippen LogP contribution in [0.3, 0.4) is 0 Å². The quantitative estimate of drug-likeness (QED) is 0.522. The molecule has 0 atom stereocenters. The Bertz CT molecular complexity index is 929. The second kappa shape index (κ2) is 6.85. The highest BCUT2D eigenvalue weighted by Gasteiger charge is 2.29. The molecule has 2 heterocycles. The second-order valence-electron chi connectivity index (χ2n) is 4.93. The van der Waals surface area contributed by atoms with Crippen LogP contribution >= 0.6 is 23.4 Å². The van der Waals surface area contributed by atoms with Crippen LogP contribution in [0.5, 0.6) is 0 Å². The Morgan fingerprint density at radius 2 is 2.00 bits per heavy atom. The molecule has 0 aliphatic heterocycles. The monoisotopic (exact) mass is 386 g/mol. The molecule has 0 spiro atoms. The number of hydrogen-bond donors (Lipinski definition) is 3. The molecule has 10 heteroatoms. The van der Waals surface area contributed by atoms with Crippen molar-refractivity contribution in [2.24, 2.45) is 0 Å². The molecule has 0 unspecified atom stereocenters. The highest BCUT2D eigenvalue weighted by atomic mass is 35.5. The number of urea groups is 1. The number of carbonyl (C=O) groups is 1. The molecule has 0 bridgehead atoms. The van der Waals surface area contributed by atoms with E-state index >= 15 is 0 Å². The number of pyridine rings is 1. The smallest absolute Gasteiger partial charge is 0.359 e. The molecular weight excluding hydrogens is 377 g/mol. The Labute approximate surface area is 149 Å². The summed E-state index contributed by atoms with van der Waals surface area (Å²) >= 11 is 5.64. The third kappa shape index (κ3) is 4.58. The maximum absolute atomic E-state index is 12.4. The Hall–Kier alpha value is -2.39. The number of fused-ring (bicyclic) bond motifs is 1. The van der Waals surface area contributed by atoms with Gasteiger partial charge in [-0.1, -0.05) is 11.6 Å². The predicted molar refractivity (Wildman–Crippen MR) is 92.1 cm³/mol. The largest absolute Gasteiger partial charge is 0.446 e. The molecule has 0 fully saturated rings. The summed E-state index contributed by atoms with van der Waals surface area (Å²) in [6.45, 7) is 0. The summed E-state index contributed by atoms with van der Waals surface area (Å²) in [5.41, 5.74) is -3.01. The minimum Gasteiger partial charge on any atom is -0.359 e. The number of aromatic amines is 1. The average Bonchev–Trinajstić information content (AvgIpc) is 2.88. The number of benzene rings is 1. The summed E-state index contributed by atoms with van der Waals surface area (Å²) < 4.78 is 37.2. The Balaban J connectivity index is 1.72. The SMILES string of the molecule is O=C(Nc1cncc(SC(F)(F)F)c1)Nc1c[nH]c2ccc(Cl)cc12. The van der Waals surface area contributed by atoms with Gasteiger partial charge in [-0.3, -0.25) is 4.98 Å². The number of alkyl halides is 3. The number of nitrogens with zero attached hydrogens (tertiary/aromatic N) is 1. The third-order valence-electron chi connectivity index (χ3n) is 3.10. The summed E-state index contributed by atoms with van der Waals surface area (Å²) in [4.78, 5) is 18.6. The lowest BCUT2D eigenvalue weighted by Crippen LogP contribution is -2.19. The minimum atomic E-state index is -4.42. The van der Waals surface area contributed by atoms with E-state index in [1.807, 2.05) is 0 Å². The van der Waals surface area contributed by atoms with E-state index in [0.29, 0.717) is 16.1 Å². The average molecular weight is 387 g/mol. The first-order chi connectivity index (χ1) is 11.8. The Morgan fingerprint density at radius 1 is 1.20 bits per heavy atom. The van der Waals surface area contributed by atoms with E-state index in [2.05, 4.69) is 20.6 Å². The molecule has 0 aliphatic carbocycles. The molecule has 1 aromatic carbocycles. The van der Waals surface area contributed by atoms with Gasteiger partial charge >= 0.3 is 11.5 Å². The lowest BCUT2D eigenvalue weighted by atomic mass is 10.2. The van der Waals surface area contributed by atoms with Crippen LogP contribution in [-0.2, 0) is 0 Å². The zero-order chi connectivity index (χ0) is 18.0. The van der Waals surface area contributed by atoms with Crippen molar-refractivity contribution in [3.8, 4) is 0 Å². The first-order valence-corrected chi connectivity index (χ1v) is 8.05. The maximum atomic E-state index is 12.4. The normalized spacial score (nSPS) is 11.5. The van der Waals surface area contributed by atoms with Gasteiger partial charge in [-0.2, -0.15) is 13.2 Å². The maximum Gasteiger partial charge on any atom is 0.446 e. The summed E-state index contributed by atoms with van der Waals surface area (Å²) in [6.07, 6.45) is 3.92. The Kier molecular flexibility index (Phi) is 4.78. The van der Waals surface area contributed by atoms with Gasteiger partial charge in [0.2, 0.25) is 0 Å². The van der Waals surface area contributed by atoms with Gasteiger partial charge in [0, 0.05) is 33.2 Å². The summed E-state index contributed by atoms with van der Waals surface area (Å²) in [5, 5.41) is 6.28.